The van der Waals surface area contributed by atoms with E-state index in [1.807, 2.05) is 12.2 Å². The number of carbonyl (C=O) groups is 1. The molecule has 0 aliphatic carbocycles. The minimum Gasteiger partial charge on any atom is -0.507 e. The molecule has 0 aromatic heterocycles. The minimum atomic E-state index is -0.226. The first-order valence-corrected chi connectivity index (χ1v) is 8.50. The highest BCUT2D eigenvalue weighted by molar-refractivity contribution is 9.10. The first-order valence-electron chi connectivity index (χ1n) is 6.59. The molecule has 0 heterocycles. The number of rotatable bonds is 6. The van der Waals surface area contributed by atoms with Crippen LogP contribution < -0.4 is 4.74 Å². The van der Waals surface area contributed by atoms with E-state index in [0.717, 1.165) is 9.80 Å². The van der Waals surface area contributed by atoms with Crippen molar-refractivity contribution in [3.8, 4) is 11.5 Å². The number of hydrogen-bond donors (Lipinski definition) is 1. The number of aromatic hydroxyl groups is 1. The van der Waals surface area contributed by atoms with Gasteiger partial charge in [0, 0.05) is 21.4 Å². The number of allylic oxidation sites excluding steroid dienone is 1. The lowest BCUT2D eigenvalue weighted by atomic mass is 10.0. The zero-order chi connectivity index (χ0) is 15.9. The maximum absolute atomic E-state index is 12.4. The van der Waals surface area contributed by atoms with Crippen molar-refractivity contribution in [3.05, 3.63) is 70.2 Å². The van der Waals surface area contributed by atoms with Crippen molar-refractivity contribution in [3.63, 3.8) is 0 Å². The highest BCUT2D eigenvalue weighted by Gasteiger charge is 2.14. The zero-order valence-electron chi connectivity index (χ0n) is 11.6. The van der Waals surface area contributed by atoms with Gasteiger partial charge in [-0.25, -0.2) is 0 Å². The van der Waals surface area contributed by atoms with E-state index in [1.54, 1.807) is 36.4 Å². The molecule has 2 rings (SSSR count). The van der Waals surface area contributed by atoms with Gasteiger partial charge in [-0.2, -0.15) is 0 Å². The molecule has 114 valence electrons. The molecule has 0 atom stereocenters. The molecule has 5 heteroatoms. The number of ether oxygens (including phenoxy) is 1. The molecule has 0 fully saturated rings. The van der Waals surface area contributed by atoms with Crippen LogP contribution in [0, 0.1) is 0 Å². The molecular formula is C17H14Br2O3. The Kier molecular flexibility index (Phi) is 6.21. The first-order chi connectivity index (χ1) is 10.6. The van der Waals surface area contributed by atoms with Crippen LogP contribution in [0.2, 0.25) is 0 Å². The van der Waals surface area contributed by atoms with Gasteiger partial charge in [-0.1, -0.05) is 44.0 Å². The largest absolute Gasteiger partial charge is 0.507 e. The quantitative estimate of drug-likeness (QED) is 0.414. The molecule has 0 unspecified atom stereocenters. The summed E-state index contributed by atoms with van der Waals surface area (Å²) in [5.41, 5.74) is 0.776. The second kappa shape index (κ2) is 8.15. The molecule has 2 aromatic carbocycles. The van der Waals surface area contributed by atoms with E-state index in [9.17, 15) is 9.90 Å². The van der Waals surface area contributed by atoms with Crippen molar-refractivity contribution in [2.24, 2.45) is 0 Å². The van der Waals surface area contributed by atoms with Crippen molar-refractivity contribution in [2.75, 3.05) is 11.9 Å². The Labute approximate surface area is 145 Å². The smallest absolute Gasteiger partial charge is 0.196 e. The van der Waals surface area contributed by atoms with Gasteiger partial charge in [0.25, 0.3) is 0 Å². The second-order valence-electron chi connectivity index (χ2n) is 4.45. The number of carbonyl (C=O) groups excluding carboxylic acids is 1. The predicted octanol–water partition coefficient (Wildman–Crippen LogP) is 4.72. The van der Waals surface area contributed by atoms with E-state index in [0.29, 0.717) is 17.9 Å². The van der Waals surface area contributed by atoms with Crippen LogP contribution in [-0.4, -0.2) is 22.8 Å². The van der Waals surface area contributed by atoms with E-state index < -0.39 is 0 Å². The van der Waals surface area contributed by atoms with Crippen molar-refractivity contribution in [1.82, 2.24) is 0 Å². The number of halogens is 2. The summed E-state index contributed by atoms with van der Waals surface area (Å²) >= 11 is 6.60. The third-order valence-electron chi connectivity index (χ3n) is 2.92. The lowest BCUT2D eigenvalue weighted by molar-refractivity contribution is 0.103. The molecule has 0 spiro atoms. The van der Waals surface area contributed by atoms with Crippen molar-refractivity contribution in [1.29, 1.82) is 0 Å². The molecule has 0 amide bonds. The van der Waals surface area contributed by atoms with Crippen molar-refractivity contribution >= 4 is 37.6 Å². The lowest BCUT2D eigenvalue weighted by Crippen LogP contribution is -2.02. The number of benzene rings is 2. The fourth-order valence-corrected chi connectivity index (χ4v) is 2.35. The van der Waals surface area contributed by atoms with Gasteiger partial charge in [-0.3, -0.25) is 4.79 Å². The molecule has 0 saturated carbocycles. The Morgan fingerprint density at radius 1 is 1.14 bits per heavy atom. The van der Waals surface area contributed by atoms with E-state index in [4.69, 9.17) is 4.74 Å². The maximum Gasteiger partial charge on any atom is 0.196 e. The van der Waals surface area contributed by atoms with E-state index in [1.165, 1.54) is 6.07 Å². The van der Waals surface area contributed by atoms with Gasteiger partial charge >= 0.3 is 0 Å². The van der Waals surface area contributed by atoms with E-state index in [-0.39, 0.29) is 17.1 Å². The fourth-order valence-electron chi connectivity index (χ4n) is 1.83. The van der Waals surface area contributed by atoms with Gasteiger partial charge in [0.1, 0.15) is 18.1 Å². The average Bonchev–Trinajstić information content (AvgIpc) is 2.52. The third-order valence-corrected chi connectivity index (χ3v) is 3.82. The zero-order valence-corrected chi connectivity index (χ0v) is 14.8. The van der Waals surface area contributed by atoms with Crippen LogP contribution >= 0.6 is 31.9 Å². The van der Waals surface area contributed by atoms with Gasteiger partial charge in [-0.15, -0.1) is 0 Å². The van der Waals surface area contributed by atoms with Gasteiger partial charge in [0.2, 0.25) is 0 Å². The number of alkyl halides is 1. The number of phenolic OH excluding ortho intramolecular Hbond substituents is 1. The summed E-state index contributed by atoms with van der Waals surface area (Å²) in [6.45, 7) is 0.408. The van der Waals surface area contributed by atoms with E-state index >= 15 is 0 Å². The maximum atomic E-state index is 12.4. The van der Waals surface area contributed by atoms with Gasteiger partial charge in [0.05, 0.1) is 5.56 Å². The topological polar surface area (TPSA) is 46.5 Å². The summed E-state index contributed by atoms with van der Waals surface area (Å²) in [4.78, 5) is 12.4. The van der Waals surface area contributed by atoms with Crippen LogP contribution in [0.15, 0.2) is 59.1 Å². The SMILES string of the molecule is O=C(c1ccc(Br)cc1)c1ccc(OCC=CCBr)cc1O. The average molecular weight is 426 g/mol. The molecule has 0 saturated heterocycles. The Morgan fingerprint density at radius 2 is 1.86 bits per heavy atom. The molecule has 0 aliphatic heterocycles. The third kappa shape index (κ3) is 4.45. The second-order valence-corrected chi connectivity index (χ2v) is 6.01. The number of phenols is 1. The number of hydrogen-bond acceptors (Lipinski definition) is 3. The highest BCUT2D eigenvalue weighted by Crippen LogP contribution is 2.26. The Balaban J connectivity index is 2.13. The summed E-state index contributed by atoms with van der Waals surface area (Å²) in [5.74, 6) is 0.203. The van der Waals surface area contributed by atoms with Crippen LogP contribution in [0.25, 0.3) is 0 Å². The van der Waals surface area contributed by atoms with Crippen LogP contribution in [0.4, 0.5) is 0 Å². The highest BCUT2D eigenvalue weighted by atomic mass is 79.9. The number of ketones is 1. The summed E-state index contributed by atoms with van der Waals surface area (Å²) < 4.78 is 6.36. The van der Waals surface area contributed by atoms with Crippen molar-refractivity contribution < 1.29 is 14.6 Å². The van der Waals surface area contributed by atoms with Crippen LogP contribution in [0.5, 0.6) is 11.5 Å². The summed E-state index contributed by atoms with van der Waals surface area (Å²) in [6, 6.07) is 11.7. The normalized spacial score (nSPS) is 10.8. The van der Waals surface area contributed by atoms with Crippen LogP contribution in [-0.2, 0) is 0 Å². The fraction of sp³-hybridized carbons (Fsp3) is 0.118. The molecule has 22 heavy (non-hydrogen) atoms. The van der Waals surface area contributed by atoms with Crippen molar-refractivity contribution in [2.45, 2.75) is 0 Å². The molecule has 1 N–H and O–H groups in total. The summed E-state index contributed by atoms with van der Waals surface area (Å²) in [5, 5.41) is 10.8. The first kappa shape index (κ1) is 16.8. The molecule has 0 radical (unpaired) electrons. The standard InChI is InChI=1S/C17H14Br2O3/c18-9-1-2-10-22-14-7-8-15(16(20)11-14)17(21)12-3-5-13(19)6-4-12/h1-8,11,20H,9-10H2. The molecule has 3 nitrogen and oxygen atoms in total. The summed E-state index contributed by atoms with van der Waals surface area (Å²) in [7, 11) is 0. The molecule has 0 aliphatic rings. The molecule has 2 aromatic rings. The summed E-state index contributed by atoms with van der Waals surface area (Å²) in [6.07, 6.45) is 3.79. The van der Waals surface area contributed by atoms with Crippen LogP contribution in [0.1, 0.15) is 15.9 Å². The Hall–Kier alpha value is -1.59. The molecular weight excluding hydrogens is 412 g/mol. The van der Waals surface area contributed by atoms with E-state index in [2.05, 4.69) is 31.9 Å². The molecule has 0 bridgehead atoms. The van der Waals surface area contributed by atoms with Crippen LogP contribution in [0.3, 0.4) is 0 Å². The Morgan fingerprint density at radius 3 is 2.50 bits per heavy atom. The van der Waals surface area contributed by atoms with Gasteiger partial charge in [0.15, 0.2) is 5.78 Å². The Bertz CT molecular complexity index is 679. The predicted molar refractivity (Wildman–Crippen MR) is 94.1 cm³/mol. The monoisotopic (exact) mass is 424 g/mol. The van der Waals surface area contributed by atoms with Gasteiger partial charge < -0.3 is 9.84 Å². The lowest BCUT2D eigenvalue weighted by Gasteiger charge is -2.08. The van der Waals surface area contributed by atoms with Gasteiger partial charge in [-0.05, 0) is 36.4 Å². The minimum absolute atomic E-state index is 0.0881.